The number of benzene rings is 2. The third-order valence-corrected chi connectivity index (χ3v) is 7.79. The molecule has 3 atom stereocenters. The molecule has 0 amide bonds. The number of hydrogen-bond acceptors (Lipinski definition) is 3. The number of carbonyl (C=O) groups excluding carboxylic acids is 1. The predicted molar refractivity (Wildman–Crippen MR) is 134 cm³/mol. The average molecular weight is 485 g/mol. The van der Waals surface area contributed by atoms with Gasteiger partial charge in [-0.2, -0.15) is 0 Å². The zero-order valence-corrected chi connectivity index (χ0v) is 20.9. The van der Waals surface area contributed by atoms with Gasteiger partial charge >= 0.3 is 5.97 Å². The van der Waals surface area contributed by atoms with Gasteiger partial charge in [0.2, 0.25) is 0 Å². The first-order valence-corrected chi connectivity index (χ1v) is 12.5. The normalized spacial score (nSPS) is 20.9. The highest BCUT2D eigenvalue weighted by atomic mass is 35.5. The molecule has 0 aliphatic carbocycles. The van der Waals surface area contributed by atoms with E-state index in [0.717, 1.165) is 17.0 Å². The van der Waals surface area contributed by atoms with E-state index in [1.165, 1.54) is 35.0 Å². The van der Waals surface area contributed by atoms with Crippen molar-refractivity contribution in [1.82, 2.24) is 9.47 Å². The summed E-state index contributed by atoms with van der Waals surface area (Å²) in [4.78, 5) is 15.2. The molecule has 2 aliphatic rings. The van der Waals surface area contributed by atoms with Crippen LogP contribution in [0.15, 0.2) is 42.5 Å². The zero-order valence-electron chi connectivity index (χ0n) is 19.4. The Labute approximate surface area is 205 Å². The van der Waals surface area contributed by atoms with Crippen LogP contribution in [0.2, 0.25) is 10.0 Å². The highest BCUT2D eigenvalue weighted by molar-refractivity contribution is 6.31. The van der Waals surface area contributed by atoms with Crippen LogP contribution in [0, 0.1) is 0 Å². The van der Waals surface area contributed by atoms with Crippen molar-refractivity contribution in [2.24, 2.45) is 0 Å². The summed E-state index contributed by atoms with van der Waals surface area (Å²) < 4.78 is 7.97. The molecule has 2 aromatic carbocycles. The van der Waals surface area contributed by atoms with E-state index in [2.05, 4.69) is 28.6 Å². The Balaban J connectivity index is 1.59. The summed E-state index contributed by atoms with van der Waals surface area (Å²) in [5.41, 5.74) is 5.11. The van der Waals surface area contributed by atoms with Gasteiger partial charge in [0.05, 0.1) is 12.5 Å². The quantitative estimate of drug-likeness (QED) is 0.362. The molecular weight excluding hydrogens is 455 g/mol. The van der Waals surface area contributed by atoms with Crippen LogP contribution in [-0.4, -0.2) is 34.6 Å². The van der Waals surface area contributed by atoms with Crippen molar-refractivity contribution in [3.63, 3.8) is 0 Å². The molecule has 0 saturated carbocycles. The van der Waals surface area contributed by atoms with Gasteiger partial charge in [-0.1, -0.05) is 35.3 Å². The number of carbonyl (C=O) groups is 1. The number of hydrogen-bond donors (Lipinski definition) is 0. The van der Waals surface area contributed by atoms with Crippen molar-refractivity contribution in [1.29, 1.82) is 0 Å². The van der Waals surface area contributed by atoms with Crippen LogP contribution in [0.1, 0.15) is 61.9 Å². The van der Waals surface area contributed by atoms with Crippen molar-refractivity contribution >= 4 is 40.1 Å². The van der Waals surface area contributed by atoms with E-state index in [4.69, 9.17) is 27.9 Å². The molecule has 0 N–H and O–H groups in total. The van der Waals surface area contributed by atoms with Crippen LogP contribution in [0.5, 0.6) is 0 Å². The summed E-state index contributed by atoms with van der Waals surface area (Å²) in [6.45, 7) is 4.49. The standard InChI is InChI=1S/C27H30Cl2N2O2/c1-16(2)33-26(32)12-18(17-4-6-19(28)7-5-17)15-31-23-10-8-20(29)13-22(23)27-24-11-9-21(30(24)3)14-25(27)31/h4-8,10,13,16,18,21,24H,9,11-12,14-15H2,1-3H3. The van der Waals surface area contributed by atoms with Gasteiger partial charge in [0.1, 0.15) is 0 Å². The van der Waals surface area contributed by atoms with E-state index in [1.54, 1.807) is 0 Å². The molecule has 4 nitrogen and oxygen atoms in total. The Morgan fingerprint density at radius 2 is 1.82 bits per heavy atom. The maximum atomic E-state index is 12.7. The lowest BCUT2D eigenvalue weighted by Crippen LogP contribution is -2.35. The van der Waals surface area contributed by atoms with Gasteiger partial charge in [0.15, 0.2) is 0 Å². The highest BCUT2D eigenvalue weighted by Gasteiger charge is 2.41. The molecule has 6 heteroatoms. The van der Waals surface area contributed by atoms with E-state index < -0.39 is 0 Å². The summed E-state index contributed by atoms with van der Waals surface area (Å²) in [6.07, 6.45) is 3.63. The molecule has 5 rings (SSSR count). The second-order valence-electron chi connectivity index (χ2n) is 9.74. The Hall–Kier alpha value is -2.01. The monoisotopic (exact) mass is 484 g/mol. The van der Waals surface area contributed by atoms with Crippen LogP contribution in [-0.2, 0) is 22.5 Å². The molecule has 3 unspecified atom stereocenters. The second-order valence-corrected chi connectivity index (χ2v) is 10.6. The molecule has 33 heavy (non-hydrogen) atoms. The Morgan fingerprint density at radius 1 is 1.09 bits per heavy atom. The van der Waals surface area contributed by atoms with E-state index in [1.807, 2.05) is 44.2 Å². The summed E-state index contributed by atoms with van der Waals surface area (Å²) in [6, 6.07) is 15.1. The molecule has 2 aliphatic heterocycles. The van der Waals surface area contributed by atoms with Gasteiger partial charge in [-0.05, 0) is 75.2 Å². The minimum atomic E-state index is -0.168. The number of ether oxygens (including phenoxy) is 1. The van der Waals surface area contributed by atoms with E-state index in [-0.39, 0.29) is 18.0 Å². The molecule has 0 radical (unpaired) electrons. The maximum absolute atomic E-state index is 12.7. The predicted octanol–water partition coefficient (Wildman–Crippen LogP) is 6.77. The minimum absolute atomic E-state index is 0.0128. The van der Waals surface area contributed by atoms with E-state index in [0.29, 0.717) is 30.1 Å². The van der Waals surface area contributed by atoms with Gasteiger partial charge in [-0.3, -0.25) is 9.69 Å². The third-order valence-electron chi connectivity index (χ3n) is 7.30. The van der Waals surface area contributed by atoms with Crippen LogP contribution in [0.3, 0.4) is 0 Å². The van der Waals surface area contributed by atoms with Crippen LogP contribution in [0.4, 0.5) is 0 Å². The summed E-state index contributed by atoms with van der Waals surface area (Å²) in [5, 5.41) is 2.70. The molecule has 0 spiro atoms. The largest absolute Gasteiger partial charge is 0.463 e. The van der Waals surface area contributed by atoms with E-state index >= 15 is 0 Å². The van der Waals surface area contributed by atoms with Gasteiger partial charge in [0, 0.05) is 57.6 Å². The molecular formula is C27H30Cl2N2O2. The SMILES string of the molecule is CC(C)OC(=O)CC(Cn1c2c(c3cc(Cl)ccc31)C1CCC(C2)N1C)c1ccc(Cl)cc1. The van der Waals surface area contributed by atoms with Crippen molar-refractivity contribution in [2.75, 3.05) is 7.05 Å². The third kappa shape index (κ3) is 4.29. The summed E-state index contributed by atoms with van der Waals surface area (Å²) >= 11 is 12.6. The molecule has 2 bridgehead atoms. The van der Waals surface area contributed by atoms with Gasteiger partial charge in [0.25, 0.3) is 0 Å². The fraction of sp³-hybridized carbons (Fsp3) is 0.444. The smallest absolute Gasteiger partial charge is 0.306 e. The Kier molecular flexibility index (Phi) is 6.19. The van der Waals surface area contributed by atoms with Crippen molar-refractivity contribution in [3.05, 3.63) is 69.3 Å². The zero-order chi connectivity index (χ0) is 23.3. The molecule has 3 heterocycles. The number of esters is 1. The van der Waals surface area contributed by atoms with Crippen LogP contribution < -0.4 is 0 Å². The lowest BCUT2D eigenvalue weighted by Gasteiger charge is -2.33. The first-order chi connectivity index (χ1) is 15.8. The second kappa shape index (κ2) is 8.98. The first kappa shape index (κ1) is 22.8. The fourth-order valence-electron chi connectivity index (χ4n) is 5.79. The van der Waals surface area contributed by atoms with Crippen LogP contribution in [0.25, 0.3) is 10.9 Å². The van der Waals surface area contributed by atoms with Gasteiger partial charge in [-0.15, -0.1) is 0 Å². The molecule has 1 saturated heterocycles. The average Bonchev–Trinajstić information content (AvgIpc) is 3.17. The number of halogens is 2. The number of aromatic nitrogens is 1. The van der Waals surface area contributed by atoms with Crippen molar-refractivity contribution in [3.8, 4) is 0 Å². The van der Waals surface area contributed by atoms with Gasteiger partial charge < -0.3 is 9.30 Å². The lowest BCUT2D eigenvalue weighted by atomic mass is 9.94. The number of rotatable bonds is 6. The Morgan fingerprint density at radius 3 is 2.55 bits per heavy atom. The topological polar surface area (TPSA) is 34.5 Å². The van der Waals surface area contributed by atoms with Crippen LogP contribution >= 0.6 is 23.2 Å². The maximum Gasteiger partial charge on any atom is 0.306 e. The van der Waals surface area contributed by atoms with E-state index in [9.17, 15) is 4.79 Å². The molecule has 3 aromatic rings. The fourth-order valence-corrected chi connectivity index (χ4v) is 6.09. The number of likely N-dealkylation sites (N-methyl/N-ethyl adjacent to an activating group) is 1. The molecule has 174 valence electrons. The number of fused-ring (bicyclic) bond motifs is 6. The summed E-state index contributed by atoms with van der Waals surface area (Å²) in [7, 11) is 2.25. The molecule has 1 fully saturated rings. The lowest BCUT2D eigenvalue weighted by molar-refractivity contribution is -0.147. The minimum Gasteiger partial charge on any atom is -0.463 e. The van der Waals surface area contributed by atoms with Crippen molar-refractivity contribution < 1.29 is 9.53 Å². The Bertz CT molecular complexity index is 1190. The van der Waals surface area contributed by atoms with Gasteiger partial charge in [-0.25, -0.2) is 0 Å². The van der Waals surface area contributed by atoms with Crippen molar-refractivity contribution in [2.45, 2.75) is 70.2 Å². The first-order valence-electron chi connectivity index (χ1n) is 11.8. The number of nitrogens with zero attached hydrogens (tertiary/aromatic N) is 2. The molecule has 1 aromatic heterocycles. The summed E-state index contributed by atoms with van der Waals surface area (Å²) in [5.74, 6) is -0.181. The highest BCUT2D eigenvalue weighted by Crippen LogP contribution is 2.47.